The maximum absolute atomic E-state index is 13.0. The number of aliphatic hydroxyl groups is 2. The van der Waals surface area contributed by atoms with Gasteiger partial charge in [-0.15, -0.1) is 0 Å². The van der Waals surface area contributed by atoms with Crippen molar-refractivity contribution in [1.29, 1.82) is 0 Å². The van der Waals surface area contributed by atoms with Gasteiger partial charge in [0.1, 0.15) is 11.9 Å². The van der Waals surface area contributed by atoms with Crippen LogP contribution in [0.15, 0.2) is 48.5 Å². The molecule has 148 valence electrons. The Kier molecular flexibility index (Phi) is 5.10. The summed E-state index contributed by atoms with van der Waals surface area (Å²) >= 11 is 0. The first-order chi connectivity index (χ1) is 13.5. The second kappa shape index (κ2) is 7.54. The van der Waals surface area contributed by atoms with E-state index in [1.54, 1.807) is 23.1 Å². The number of carbonyl (C=O) groups is 1. The number of aromatic hydroxyl groups is 1. The minimum atomic E-state index is -0.906. The number of benzene rings is 2. The van der Waals surface area contributed by atoms with Gasteiger partial charge in [0.25, 0.3) is 5.91 Å². The highest BCUT2D eigenvalue weighted by Crippen LogP contribution is 2.36. The zero-order chi connectivity index (χ0) is 19.7. The van der Waals surface area contributed by atoms with Crippen LogP contribution in [0.25, 0.3) is 11.1 Å². The van der Waals surface area contributed by atoms with Gasteiger partial charge in [0.15, 0.2) is 0 Å². The van der Waals surface area contributed by atoms with E-state index in [0.717, 1.165) is 11.1 Å². The second-order valence-electron chi connectivity index (χ2n) is 7.63. The van der Waals surface area contributed by atoms with Crippen LogP contribution in [-0.2, 0) is 4.74 Å². The Morgan fingerprint density at radius 3 is 2.46 bits per heavy atom. The highest BCUT2D eigenvalue weighted by atomic mass is 16.5. The first-order valence-corrected chi connectivity index (χ1v) is 9.67. The molecule has 0 bridgehead atoms. The summed E-state index contributed by atoms with van der Waals surface area (Å²) < 4.78 is 5.84. The molecule has 2 saturated heterocycles. The smallest absolute Gasteiger partial charge is 0.253 e. The zero-order valence-corrected chi connectivity index (χ0v) is 15.6. The van der Waals surface area contributed by atoms with Crippen LogP contribution < -0.4 is 0 Å². The maximum atomic E-state index is 13.0. The van der Waals surface area contributed by atoms with Gasteiger partial charge in [-0.1, -0.05) is 24.3 Å². The molecule has 2 heterocycles. The molecule has 0 unspecified atom stereocenters. The van der Waals surface area contributed by atoms with Crippen LogP contribution in [0.4, 0.5) is 0 Å². The van der Waals surface area contributed by atoms with Crippen LogP contribution in [0.5, 0.6) is 5.75 Å². The molecule has 6 heteroatoms. The van der Waals surface area contributed by atoms with Crippen LogP contribution in [0.3, 0.4) is 0 Å². The lowest BCUT2D eigenvalue weighted by Crippen LogP contribution is -2.60. The van der Waals surface area contributed by atoms with Crippen LogP contribution in [0, 0.1) is 0 Å². The molecule has 0 aliphatic carbocycles. The Hall–Kier alpha value is -2.41. The predicted molar refractivity (Wildman–Crippen MR) is 104 cm³/mol. The zero-order valence-electron chi connectivity index (χ0n) is 15.6. The van der Waals surface area contributed by atoms with E-state index in [0.29, 0.717) is 44.5 Å². The fourth-order valence-corrected chi connectivity index (χ4v) is 4.17. The molecule has 0 saturated carbocycles. The molecule has 0 radical (unpaired) electrons. The Balaban J connectivity index is 1.47. The third-order valence-corrected chi connectivity index (χ3v) is 5.91. The fourth-order valence-electron chi connectivity index (χ4n) is 4.17. The third-order valence-electron chi connectivity index (χ3n) is 5.91. The molecule has 2 aliphatic heterocycles. The van der Waals surface area contributed by atoms with Crippen molar-refractivity contribution < 1.29 is 24.9 Å². The van der Waals surface area contributed by atoms with E-state index >= 15 is 0 Å². The molecular weight excluding hydrogens is 358 g/mol. The highest BCUT2D eigenvalue weighted by Gasteiger charge is 2.48. The Morgan fingerprint density at radius 2 is 1.75 bits per heavy atom. The largest absolute Gasteiger partial charge is 0.508 e. The summed E-state index contributed by atoms with van der Waals surface area (Å²) in [5.74, 6) is 0.150. The topological polar surface area (TPSA) is 90.2 Å². The van der Waals surface area contributed by atoms with Gasteiger partial charge in [0.2, 0.25) is 0 Å². The number of hydrogen-bond donors (Lipinski definition) is 3. The molecule has 2 aromatic rings. The lowest BCUT2D eigenvalue weighted by atomic mass is 9.80. The summed E-state index contributed by atoms with van der Waals surface area (Å²) in [6, 6.07) is 14.3. The van der Waals surface area contributed by atoms with Gasteiger partial charge >= 0.3 is 0 Å². The number of phenols is 1. The number of aliphatic hydroxyl groups excluding tert-OH is 2. The van der Waals surface area contributed by atoms with E-state index in [1.807, 2.05) is 30.3 Å². The lowest BCUT2D eigenvalue weighted by Gasteiger charge is -2.48. The van der Waals surface area contributed by atoms with Crippen molar-refractivity contribution in [1.82, 2.24) is 4.90 Å². The molecule has 6 nitrogen and oxygen atoms in total. The number of nitrogens with zero attached hydrogens (tertiary/aromatic N) is 1. The number of ether oxygens (including phenoxy) is 1. The van der Waals surface area contributed by atoms with Gasteiger partial charge < -0.3 is 25.0 Å². The van der Waals surface area contributed by atoms with Gasteiger partial charge in [-0.3, -0.25) is 4.79 Å². The summed E-state index contributed by atoms with van der Waals surface area (Å²) in [5.41, 5.74) is 1.69. The number of phenolic OH excluding ortho intramolecular Hbond substituents is 1. The average Bonchev–Trinajstić information content (AvgIpc) is 2.73. The molecule has 2 atom stereocenters. The van der Waals surface area contributed by atoms with E-state index in [1.165, 1.54) is 0 Å². The van der Waals surface area contributed by atoms with Crippen LogP contribution in [0.2, 0.25) is 0 Å². The third kappa shape index (κ3) is 3.51. The molecule has 2 aliphatic rings. The van der Waals surface area contributed by atoms with Gasteiger partial charge in [-0.05, 0) is 54.7 Å². The van der Waals surface area contributed by atoms with Crippen molar-refractivity contribution >= 4 is 5.91 Å². The highest BCUT2D eigenvalue weighted by molar-refractivity contribution is 5.95. The first kappa shape index (κ1) is 18.9. The van der Waals surface area contributed by atoms with Crippen LogP contribution in [0.1, 0.15) is 29.6 Å². The minimum Gasteiger partial charge on any atom is -0.508 e. The second-order valence-corrected chi connectivity index (χ2v) is 7.63. The van der Waals surface area contributed by atoms with E-state index in [2.05, 4.69) is 0 Å². The molecule has 2 aromatic carbocycles. The van der Waals surface area contributed by atoms with E-state index in [-0.39, 0.29) is 11.7 Å². The lowest BCUT2D eigenvalue weighted by molar-refractivity contribution is -0.212. The van der Waals surface area contributed by atoms with Crippen molar-refractivity contribution in [2.24, 2.45) is 0 Å². The summed E-state index contributed by atoms with van der Waals surface area (Å²) in [6.45, 7) is 1.39. The minimum absolute atomic E-state index is 0.0543. The number of piperidine rings is 1. The quantitative estimate of drug-likeness (QED) is 0.740. The maximum Gasteiger partial charge on any atom is 0.253 e. The normalized spacial score (nSPS) is 24.3. The van der Waals surface area contributed by atoms with Gasteiger partial charge in [-0.25, -0.2) is 0 Å². The summed E-state index contributed by atoms with van der Waals surface area (Å²) in [6.07, 6.45) is -0.215. The van der Waals surface area contributed by atoms with E-state index < -0.39 is 17.8 Å². The van der Waals surface area contributed by atoms with Crippen molar-refractivity contribution in [3.05, 3.63) is 54.1 Å². The molecule has 1 amide bonds. The molecule has 28 heavy (non-hydrogen) atoms. The first-order valence-electron chi connectivity index (χ1n) is 9.67. The van der Waals surface area contributed by atoms with Crippen molar-refractivity contribution in [3.8, 4) is 16.9 Å². The molecule has 2 fully saturated rings. The SMILES string of the molecule is O=C(c1cccc(-c2ccc(O)cc2)c1)N1CCC2(CC1)OCC[C@H](O)[C@@H]2O. The summed E-state index contributed by atoms with van der Waals surface area (Å²) in [5, 5.41) is 29.8. The number of amides is 1. The Labute approximate surface area is 164 Å². The summed E-state index contributed by atoms with van der Waals surface area (Å²) in [4.78, 5) is 14.8. The molecule has 0 aromatic heterocycles. The van der Waals surface area contributed by atoms with Crippen LogP contribution >= 0.6 is 0 Å². The van der Waals surface area contributed by atoms with Gasteiger partial charge in [-0.2, -0.15) is 0 Å². The monoisotopic (exact) mass is 383 g/mol. The molecular formula is C22H25NO5. The Morgan fingerprint density at radius 1 is 1.04 bits per heavy atom. The Bertz CT molecular complexity index is 842. The van der Waals surface area contributed by atoms with Crippen molar-refractivity contribution in [2.45, 2.75) is 37.1 Å². The van der Waals surface area contributed by atoms with Gasteiger partial charge in [0.05, 0.1) is 18.3 Å². The fraction of sp³-hybridized carbons (Fsp3) is 0.409. The summed E-state index contributed by atoms with van der Waals surface area (Å²) in [7, 11) is 0. The predicted octanol–water partition coefficient (Wildman–Crippen LogP) is 2.18. The van der Waals surface area contributed by atoms with E-state index in [4.69, 9.17) is 4.74 Å². The van der Waals surface area contributed by atoms with Crippen molar-refractivity contribution in [3.63, 3.8) is 0 Å². The number of carbonyl (C=O) groups excluding carboxylic acids is 1. The van der Waals surface area contributed by atoms with Crippen LogP contribution in [-0.4, -0.2) is 63.6 Å². The van der Waals surface area contributed by atoms with Gasteiger partial charge in [0, 0.05) is 18.7 Å². The van der Waals surface area contributed by atoms with E-state index in [9.17, 15) is 20.1 Å². The number of rotatable bonds is 2. The average molecular weight is 383 g/mol. The standard InChI is InChI=1S/C22H25NO5/c24-18-6-4-15(5-7-18)16-2-1-3-17(14-16)21(27)23-11-9-22(10-12-23)20(26)19(25)8-13-28-22/h1-7,14,19-20,24-26H,8-13H2/t19-,20-/m0/s1. The van der Waals surface area contributed by atoms with Crippen molar-refractivity contribution in [2.75, 3.05) is 19.7 Å². The molecule has 4 rings (SSSR count). The number of likely N-dealkylation sites (tertiary alicyclic amines) is 1. The molecule has 1 spiro atoms. The number of hydrogen-bond acceptors (Lipinski definition) is 5. The molecule has 3 N–H and O–H groups in total.